The molecular formula is C18H29FN7O4PS. The van der Waals surface area contributed by atoms with Crippen LogP contribution in [0, 0.1) is 5.92 Å². The molecule has 1 saturated heterocycles. The van der Waals surface area contributed by atoms with Gasteiger partial charge in [0.05, 0.1) is 12.4 Å². The Bertz CT molecular complexity index is 1010. The maximum atomic E-state index is 15.5. The molecule has 0 amide bonds. The van der Waals surface area contributed by atoms with Crippen molar-refractivity contribution < 1.29 is 23.2 Å². The fraction of sp³-hybridized carbons (Fsp3) is 0.667. The molecule has 0 saturated carbocycles. The highest BCUT2D eigenvalue weighted by Crippen LogP contribution is 2.44. The number of nitrogens with two attached hydrogens (primary N) is 1. The van der Waals surface area contributed by atoms with Crippen molar-refractivity contribution in [1.82, 2.24) is 24.6 Å². The molecule has 0 bridgehead atoms. The zero-order chi connectivity index (χ0) is 23.6. The SMILES string of the molecule is CNc1nc(N)nc2c1ncn2[C@@H]1O[C@](F)(CO[PH](=S)N[C@@H](C)C(=O)OC(C)C)C[C@@H]1C. The van der Waals surface area contributed by atoms with Crippen molar-refractivity contribution in [1.29, 1.82) is 0 Å². The number of anilines is 2. The second-order valence-corrected chi connectivity index (χ2v) is 10.3. The van der Waals surface area contributed by atoms with Gasteiger partial charge in [-0.2, -0.15) is 9.97 Å². The normalized spacial score (nSPS) is 25.2. The van der Waals surface area contributed by atoms with Crippen LogP contribution in [0.5, 0.6) is 0 Å². The third-order valence-corrected chi connectivity index (χ3v) is 6.64. The predicted molar refractivity (Wildman–Crippen MR) is 122 cm³/mol. The first kappa shape index (κ1) is 24.7. The van der Waals surface area contributed by atoms with Crippen LogP contribution in [0.4, 0.5) is 16.2 Å². The highest BCUT2D eigenvalue weighted by molar-refractivity contribution is 8.02. The van der Waals surface area contributed by atoms with Crippen molar-refractivity contribution in [3.8, 4) is 0 Å². The van der Waals surface area contributed by atoms with E-state index in [2.05, 4.69) is 25.4 Å². The fourth-order valence-electron chi connectivity index (χ4n) is 3.47. The summed E-state index contributed by atoms with van der Waals surface area (Å²) in [7, 11) is -0.383. The number of carbonyl (C=O) groups is 1. The number of nitrogen functional groups attached to an aromatic ring is 1. The number of fused-ring (bicyclic) bond motifs is 1. The van der Waals surface area contributed by atoms with E-state index < -0.39 is 31.2 Å². The Hall–Kier alpha value is -1.92. The molecule has 1 fully saturated rings. The molecule has 0 spiro atoms. The van der Waals surface area contributed by atoms with Gasteiger partial charge in [-0.1, -0.05) is 18.7 Å². The van der Waals surface area contributed by atoms with E-state index in [0.717, 1.165) is 0 Å². The number of imidazole rings is 1. The average Bonchev–Trinajstić information content (AvgIpc) is 3.25. The van der Waals surface area contributed by atoms with E-state index in [-0.39, 0.29) is 31.0 Å². The zero-order valence-electron chi connectivity index (χ0n) is 18.6. The molecule has 3 heterocycles. The molecule has 0 aliphatic carbocycles. The van der Waals surface area contributed by atoms with Crippen LogP contribution in [-0.2, 0) is 30.6 Å². The van der Waals surface area contributed by atoms with Gasteiger partial charge in [-0.15, -0.1) is 0 Å². The van der Waals surface area contributed by atoms with Crippen LogP contribution in [-0.4, -0.2) is 57.1 Å². The molecule has 5 atom stereocenters. The number of carbonyl (C=O) groups excluding carboxylic acids is 1. The van der Waals surface area contributed by atoms with E-state index >= 15 is 4.39 Å². The Balaban J connectivity index is 1.65. The van der Waals surface area contributed by atoms with Gasteiger partial charge in [0.25, 0.3) is 0 Å². The average molecular weight is 490 g/mol. The highest BCUT2D eigenvalue weighted by atomic mass is 32.4. The lowest BCUT2D eigenvalue weighted by atomic mass is 10.1. The quantitative estimate of drug-likeness (QED) is 0.353. The number of nitrogens with one attached hydrogen (secondary N) is 2. The van der Waals surface area contributed by atoms with Gasteiger partial charge in [-0.05, 0) is 20.8 Å². The standard InChI is InChI=1S/C18H29FN7O4PS/c1-9(2)29-16(27)11(4)25-31(32)28-7-18(19)6-10(3)15(30-18)26-8-22-12-13(21-5)23-17(20)24-14(12)26/h8-11,15,31H,6-7H2,1-5H3,(H,25,32)(H3,20,21,23,24)/t10-,11-,15+,18-/m0/s1. The van der Waals surface area contributed by atoms with Gasteiger partial charge in [0, 0.05) is 19.4 Å². The molecular weight excluding hydrogens is 460 g/mol. The summed E-state index contributed by atoms with van der Waals surface area (Å²) in [6, 6.07) is -0.653. The van der Waals surface area contributed by atoms with Gasteiger partial charge in [0.1, 0.15) is 26.0 Å². The molecule has 2 aromatic heterocycles. The van der Waals surface area contributed by atoms with E-state index in [1.165, 1.54) is 6.33 Å². The van der Waals surface area contributed by atoms with Crippen molar-refractivity contribution in [3.63, 3.8) is 0 Å². The number of nitrogens with zero attached hydrogens (tertiary/aromatic N) is 4. The van der Waals surface area contributed by atoms with Gasteiger partial charge < -0.3 is 25.0 Å². The Kier molecular flexibility index (Phi) is 7.66. The van der Waals surface area contributed by atoms with Crippen LogP contribution in [0.2, 0.25) is 0 Å². The Morgan fingerprint density at radius 2 is 2.22 bits per heavy atom. The first-order valence-corrected chi connectivity index (χ1v) is 12.8. The molecule has 14 heteroatoms. The minimum Gasteiger partial charge on any atom is -0.462 e. The molecule has 3 rings (SSSR count). The minimum atomic E-state index is -2.08. The van der Waals surface area contributed by atoms with Crippen molar-refractivity contribution in [2.24, 2.45) is 5.92 Å². The molecule has 1 unspecified atom stereocenters. The van der Waals surface area contributed by atoms with Crippen molar-refractivity contribution in [3.05, 3.63) is 6.33 Å². The summed E-state index contributed by atoms with van der Waals surface area (Å²) < 4.78 is 33.5. The lowest BCUT2D eigenvalue weighted by molar-refractivity contribution is -0.171. The number of ether oxygens (including phenoxy) is 2. The Labute approximate surface area is 191 Å². The predicted octanol–water partition coefficient (Wildman–Crippen LogP) is 2.12. The molecule has 0 aromatic carbocycles. The van der Waals surface area contributed by atoms with E-state index in [4.69, 9.17) is 31.5 Å². The second kappa shape index (κ2) is 9.92. The third kappa shape index (κ3) is 5.52. The molecule has 178 valence electrons. The van der Waals surface area contributed by atoms with Crippen molar-refractivity contribution >= 4 is 47.8 Å². The monoisotopic (exact) mass is 489 g/mol. The molecule has 2 aromatic rings. The Morgan fingerprint density at radius 3 is 2.88 bits per heavy atom. The van der Waals surface area contributed by atoms with Crippen LogP contribution < -0.4 is 16.1 Å². The maximum Gasteiger partial charge on any atom is 0.323 e. The third-order valence-electron chi connectivity index (χ3n) is 4.85. The van der Waals surface area contributed by atoms with Crippen molar-refractivity contribution in [2.45, 2.75) is 58.3 Å². The summed E-state index contributed by atoms with van der Waals surface area (Å²) in [5.74, 6) is -2.15. The fourth-order valence-corrected chi connectivity index (χ4v) is 5.07. The molecule has 1 aliphatic rings. The topological polar surface area (TPSA) is 138 Å². The minimum absolute atomic E-state index is 0.0682. The Morgan fingerprint density at radius 1 is 1.50 bits per heavy atom. The first-order chi connectivity index (χ1) is 15.0. The zero-order valence-corrected chi connectivity index (χ0v) is 20.4. The molecule has 32 heavy (non-hydrogen) atoms. The van der Waals surface area contributed by atoms with Crippen LogP contribution in [0.1, 0.15) is 40.3 Å². The van der Waals surface area contributed by atoms with Gasteiger partial charge in [0.15, 0.2) is 17.0 Å². The number of halogens is 1. The summed E-state index contributed by atoms with van der Waals surface area (Å²) in [5, 5.41) is 5.78. The van der Waals surface area contributed by atoms with Crippen LogP contribution >= 0.6 is 7.07 Å². The maximum absolute atomic E-state index is 15.5. The highest BCUT2D eigenvalue weighted by Gasteiger charge is 2.47. The summed E-state index contributed by atoms with van der Waals surface area (Å²) >= 11 is 5.26. The number of aromatic nitrogens is 4. The van der Waals surface area contributed by atoms with Gasteiger partial charge >= 0.3 is 5.97 Å². The summed E-state index contributed by atoms with van der Waals surface area (Å²) in [6.45, 7) is 6.63. The van der Waals surface area contributed by atoms with E-state index in [9.17, 15) is 4.79 Å². The van der Waals surface area contributed by atoms with Crippen molar-refractivity contribution in [2.75, 3.05) is 24.7 Å². The summed E-state index contributed by atoms with van der Waals surface area (Å²) in [5.41, 5.74) is 6.74. The smallest absolute Gasteiger partial charge is 0.323 e. The largest absolute Gasteiger partial charge is 0.462 e. The second-order valence-electron chi connectivity index (χ2n) is 8.01. The molecule has 4 N–H and O–H groups in total. The molecule has 0 radical (unpaired) electrons. The van der Waals surface area contributed by atoms with Gasteiger partial charge in [-0.25, -0.2) is 9.37 Å². The lowest BCUT2D eigenvalue weighted by Crippen LogP contribution is -2.34. The van der Waals surface area contributed by atoms with E-state index in [1.54, 1.807) is 32.4 Å². The lowest BCUT2D eigenvalue weighted by Gasteiger charge is -2.23. The summed E-state index contributed by atoms with van der Waals surface area (Å²) in [6.07, 6.45) is 0.712. The van der Waals surface area contributed by atoms with Gasteiger partial charge in [-0.3, -0.25) is 14.4 Å². The number of esters is 1. The van der Waals surface area contributed by atoms with Gasteiger partial charge in [0.2, 0.25) is 11.8 Å². The molecule has 1 aliphatic heterocycles. The number of hydrogen-bond donors (Lipinski definition) is 3. The number of alkyl halides is 1. The van der Waals surface area contributed by atoms with Crippen LogP contribution in [0.25, 0.3) is 11.2 Å². The van der Waals surface area contributed by atoms with E-state index in [0.29, 0.717) is 17.0 Å². The number of hydrogen-bond acceptors (Lipinski definition) is 10. The number of rotatable bonds is 9. The molecule has 11 nitrogen and oxygen atoms in total. The van der Waals surface area contributed by atoms with E-state index in [1.807, 2.05) is 6.92 Å². The van der Waals surface area contributed by atoms with Crippen LogP contribution in [0.3, 0.4) is 0 Å². The summed E-state index contributed by atoms with van der Waals surface area (Å²) in [4.78, 5) is 24.6. The van der Waals surface area contributed by atoms with Crippen LogP contribution in [0.15, 0.2) is 6.33 Å². The first-order valence-electron chi connectivity index (χ1n) is 10.2.